The van der Waals surface area contributed by atoms with Crippen LogP contribution in [-0.2, 0) is 11.3 Å². The normalized spacial score (nSPS) is 17.5. The standard InChI is InChI=1S/C16H22N2O/c1-13(2)16(17-3)15-6-4-14(5-7-15)12-18-8-10-19-11-9-18/h4-7H,1,8-12H2,2-3H3. The zero-order valence-electron chi connectivity index (χ0n) is 11.9. The van der Waals surface area contributed by atoms with E-state index >= 15 is 0 Å². The number of rotatable bonds is 4. The third-order valence-electron chi connectivity index (χ3n) is 3.37. The summed E-state index contributed by atoms with van der Waals surface area (Å²) in [7, 11) is 1.81. The van der Waals surface area contributed by atoms with Gasteiger partial charge in [0.1, 0.15) is 0 Å². The minimum absolute atomic E-state index is 0.848. The molecule has 19 heavy (non-hydrogen) atoms. The summed E-state index contributed by atoms with van der Waals surface area (Å²) in [6, 6.07) is 8.62. The molecule has 102 valence electrons. The van der Waals surface area contributed by atoms with Crippen molar-refractivity contribution >= 4 is 5.71 Å². The number of hydrogen-bond donors (Lipinski definition) is 0. The molecular weight excluding hydrogens is 236 g/mol. The van der Waals surface area contributed by atoms with Crippen LogP contribution in [-0.4, -0.2) is 44.0 Å². The van der Waals surface area contributed by atoms with E-state index in [9.17, 15) is 0 Å². The number of benzene rings is 1. The van der Waals surface area contributed by atoms with Crippen molar-refractivity contribution in [2.75, 3.05) is 33.4 Å². The summed E-state index contributed by atoms with van der Waals surface area (Å²) in [4.78, 5) is 6.72. The van der Waals surface area contributed by atoms with E-state index in [1.165, 1.54) is 5.56 Å². The zero-order chi connectivity index (χ0) is 13.7. The van der Waals surface area contributed by atoms with Gasteiger partial charge in [-0.15, -0.1) is 0 Å². The fourth-order valence-corrected chi connectivity index (χ4v) is 2.35. The van der Waals surface area contributed by atoms with Crippen LogP contribution in [0.3, 0.4) is 0 Å². The smallest absolute Gasteiger partial charge is 0.0666 e. The first-order valence-corrected chi connectivity index (χ1v) is 6.73. The van der Waals surface area contributed by atoms with E-state index in [4.69, 9.17) is 4.74 Å². The summed E-state index contributed by atoms with van der Waals surface area (Å²) < 4.78 is 5.36. The highest BCUT2D eigenvalue weighted by atomic mass is 16.5. The summed E-state index contributed by atoms with van der Waals surface area (Å²) in [6.07, 6.45) is 0. The molecule has 1 aliphatic heterocycles. The average molecular weight is 258 g/mol. The van der Waals surface area contributed by atoms with E-state index in [1.807, 2.05) is 14.0 Å². The van der Waals surface area contributed by atoms with Gasteiger partial charge in [0.2, 0.25) is 0 Å². The molecule has 1 aromatic carbocycles. The quantitative estimate of drug-likeness (QED) is 0.775. The monoisotopic (exact) mass is 258 g/mol. The lowest BCUT2D eigenvalue weighted by Gasteiger charge is -2.26. The molecule has 0 aromatic heterocycles. The number of ether oxygens (including phenoxy) is 1. The number of allylic oxidation sites excluding steroid dienone is 1. The summed E-state index contributed by atoms with van der Waals surface area (Å²) in [5, 5.41) is 0. The van der Waals surface area contributed by atoms with Crippen molar-refractivity contribution < 1.29 is 4.74 Å². The molecule has 1 aromatic rings. The summed E-state index contributed by atoms with van der Waals surface area (Å²) >= 11 is 0. The third-order valence-corrected chi connectivity index (χ3v) is 3.37. The molecule has 1 fully saturated rings. The minimum Gasteiger partial charge on any atom is -0.379 e. The van der Waals surface area contributed by atoms with Gasteiger partial charge < -0.3 is 4.74 Å². The zero-order valence-corrected chi connectivity index (χ0v) is 11.9. The van der Waals surface area contributed by atoms with Crippen molar-refractivity contribution in [2.45, 2.75) is 13.5 Å². The van der Waals surface area contributed by atoms with Gasteiger partial charge in [0.05, 0.1) is 18.9 Å². The van der Waals surface area contributed by atoms with Crippen LogP contribution in [0.25, 0.3) is 0 Å². The lowest BCUT2D eigenvalue weighted by atomic mass is 10.0. The van der Waals surface area contributed by atoms with Crippen LogP contribution in [0, 0.1) is 0 Å². The molecule has 0 atom stereocenters. The van der Waals surface area contributed by atoms with Gasteiger partial charge >= 0.3 is 0 Å². The third kappa shape index (κ3) is 3.75. The highest BCUT2D eigenvalue weighted by Crippen LogP contribution is 2.12. The molecule has 0 spiro atoms. The summed E-state index contributed by atoms with van der Waals surface area (Å²) in [5.41, 5.74) is 4.46. The van der Waals surface area contributed by atoms with Crippen LogP contribution in [0.5, 0.6) is 0 Å². The minimum atomic E-state index is 0.848. The first-order chi connectivity index (χ1) is 9.20. The fourth-order valence-electron chi connectivity index (χ4n) is 2.35. The maximum atomic E-state index is 5.36. The van der Waals surface area contributed by atoms with Gasteiger partial charge in [-0.25, -0.2) is 0 Å². The van der Waals surface area contributed by atoms with E-state index < -0.39 is 0 Å². The van der Waals surface area contributed by atoms with Crippen LogP contribution < -0.4 is 0 Å². The molecule has 0 unspecified atom stereocenters. The van der Waals surface area contributed by atoms with Gasteiger partial charge in [-0.2, -0.15) is 0 Å². The molecule has 0 amide bonds. The Morgan fingerprint density at radius 1 is 1.26 bits per heavy atom. The van der Waals surface area contributed by atoms with Crippen molar-refractivity contribution in [2.24, 2.45) is 4.99 Å². The van der Waals surface area contributed by atoms with Crippen LogP contribution in [0.1, 0.15) is 18.1 Å². The summed E-state index contributed by atoms with van der Waals surface area (Å²) in [6.45, 7) is 10.7. The molecule has 1 aliphatic rings. The second-order valence-electron chi connectivity index (χ2n) is 4.94. The molecule has 2 rings (SSSR count). The molecule has 0 aliphatic carbocycles. The number of morpholine rings is 1. The number of hydrogen-bond acceptors (Lipinski definition) is 3. The van der Waals surface area contributed by atoms with Gasteiger partial charge in [-0.3, -0.25) is 9.89 Å². The van der Waals surface area contributed by atoms with Crippen LogP contribution in [0.15, 0.2) is 41.4 Å². The molecule has 0 saturated carbocycles. The lowest BCUT2D eigenvalue weighted by Crippen LogP contribution is -2.35. The molecule has 0 N–H and O–H groups in total. The highest BCUT2D eigenvalue weighted by molar-refractivity contribution is 6.11. The van der Waals surface area contributed by atoms with Crippen LogP contribution in [0.2, 0.25) is 0 Å². The largest absolute Gasteiger partial charge is 0.379 e. The molecule has 3 nitrogen and oxygen atoms in total. The first kappa shape index (κ1) is 14.0. The van der Waals surface area contributed by atoms with Crippen molar-refractivity contribution in [3.8, 4) is 0 Å². The van der Waals surface area contributed by atoms with Crippen LogP contribution >= 0.6 is 0 Å². The van der Waals surface area contributed by atoms with Gasteiger partial charge in [-0.1, -0.05) is 30.8 Å². The fraction of sp³-hybridized carbons (Fsp3) is 0.438. The van der Waals surface area contributed by atoms with E-state index in [1.54, 1.807) is 0 Å². The SMILES string of the molecule is C=C(C)C(=NC)c1ccc(CN2CCOCC2)cc1. The van der Waals surface area contributed by atoms with Crippen LogP contribution in [0.4, 0.5) is 0 Å². The Kier molecular flexibility index (Phi) is 4.88. The molecule has 1 heterocycles. The maximum absolute atomic E-state index is 5.36. The van der Waals surface area contributed by atoms with Crippen molar-refractivity contribution in [3.63, 3.8) is 0 Å². The van der Waals surface area contributed by atoms with Crippen molar-refractivity contribution in [3.05, 3.63) is 47.5 Å². The molecule has 3 heteroatoms. The molecule has 0 radical (unpaired) electrons. The van der Waals surface area contributed by atoms with Gasteiger partial charge in [0.15, 0.2) is 0 Å². The Hall–Kier alpha value is -1.45. The van der Waals surface area contributed by atoms with Gasteiger partial charge in [-0.05, 0) is 23.6 Å². The molecular formula is C16H22N2O. The Labute approximate surface area is 115 Å². The second-order valence-corrected chi connectivity index (χ2v) is 4.94. The van der Waals surface area contributed by atoms with E-state index in [2.05, 4.69) is 40.7 Å². The second kappa shape index (κ2) is 6.64. The predicted molar refractivity (Wildman–Crippen MR) is 79.8 cm³/mol. The Morgan fingerprint density at radius 3 is 2.42 bits per heavy atom. The number of nitrogens with zero attached hydrogens (tertiary/aromatic N) is 2. The topological polar surface area (TPSA) is 24.8 Å². The van der Waals surface area contributed by atoms with Gasteiger partial charge in [0, 0.05) is 26.7 Å². The lowest BCUT2D eigenvalue weighted by molar-refractivity contribution is 0.0342. The van der Waals surface area contributed by atoms with E-state index in [-0.39, 0.29) is 0 Å². The predicted octanol–water partition coefficient (Wildman–Crippen LogP) is 2.51. The Morgan fingerprint density at radius 2 is 1.89 bits per heavy atom. The average Bonchev–Trinajstić information content (AvgIpc) is 2.42. The first-order valence-electron chi connectivity index (χ1n) is 6.73. The molecule has 1 saturated heterocycles. The van der Waals surface area contributed by atoms with Gasteiger partial charge in [0.25, 0.3) is 0 Å². The van der Waals surface area contributed by atoms with E-state index in [0.717, 1.165) is 49.7 Å². The maximum Gasteiger partial charge on any atom is 0.0666 e. The van der Waals surface area contributed by atoms with E-state index in [0.29, 0.717) is 0 Å². The molecule has 0 bridgehead atoms. The Bertz CT molecular complexity index is 456. The highest BCUT2D eigenvalue weighted by Gasteiger charge is 2.11. The van der Waals surface area contributed by atoms with Crippen molar-refractivity contribution in [1.29, 1.82) is 0 Å². The van der Waals surface area contributed by atoms with Crippen molar-refractivity contribution in [1.82, 2.24) is 4.90 Å². The summed E-state index contributed by atoms with van der Waals surface area (Å²) in [5.74, 6) is 0. The Balaban J connectivity index is 2.03. The number of aliphatic imine (C=N–C) groups is 1.